The molecule has 0 aromatic heterocycles. The van der Waals surface area contributed by atoms with Crippen LogP contribution >= 0.6 is 0 Å². The molecule has 0 atom stereocenters. The van der Waals surface area contributed by atoms with Gasteiger partial charge in [-0.05, 0) is 97.2 Å². The minimum atomic E-state index is -1.86. The van der Waals surface area contributed by atoms with Crippen LogP contribution in [0.25, 0.3) is 6.08 Å². The lowest BCUT2D eigenvalue weighted by Crippen LogP contribution is -2.44. The van der Waals surface area contributed by atoms with Crippen LogP contribution in [0, 0.1) is 39.4 Å². The van der Waals surface area contributed by atoms with Gasteiger partial charge in [0.2, 0.25) is 0 Å². The molecule has 9 heteroatoms. The lowest BCUT2D eigenvalue weighted by atomic mass is 9.75. The SMILES string of the molecule is CC1(C)CC(=CC=CC2=C(C#N)C(=C(C#N)C#N)OC2(C)C)C=C(C=Cc2ccc(N(CCO[Si](C)(C)C(C)(C)C)CCO[Si](C)(C)C(C)(C)C)cc2)C1. The Kier molecular flexibility index (Phi) is 14.2. The Morgan fingerprint density at radius 3 is 1.83 bits per heavy atom. The van der Waals surface area contributed by atoms with Crippen LogP contribution in [-0.4, -0.2) is 48.5 Å². The first-order valence-electron chi connectivity index (χ1n) is 19.1. The van der Waals surface area contributed by atoms with Crippen molar-refractivity contribution in [2.45, 2.75) is 124 Å². The number of nitriles is 3. The molecule has 0 saturated carbocycles. The van der Waals surface area contributed by atoms with Gasteiger partial charge < -0.3 is 18.5 Å². The molecule has 3 rings (SSSR count). The van der Waals surface area contributed by atoms with Gasteiger partial charge in [-0.25, -0.2) is 0 Å². The van der Waals surface area contributed by atoms with Crippen molar-refractivity contribution in [2.24, 2.45) is 5.41 Å². The fourth-order valence-corrected chi connectivity index (χ4v) is 8.17. The zero-order valence-electron chi connectivity index (χ0n) is 35.5. The second kappa shape index (κ2) is 17.3. The van der Waals surface area contributed by atoms with Gasteiger partial charge in [0.1, 0.15) is 29.4 Å². The van der Waals surface area contributed by atoms with Crippen molar-refractivity contribution in [1.82, 2.24) is 0 Å². The summed E-state index contributed by atoms with van der Waals surface area (Å²) in [6, 6.07) is 14.6. The predicted molar refractivity (Wildman–Crippen MR) is 228 cm³/mol. The van der Waals surface area contributed by atoms with E-state index >= 15 is 0 Å². The number of rotatable bonds is 13. The molecule has 1 aromatic rings. The van der Waals surface area contributed by atoms with E-state index in [1.807, 2.05) is 38.1 Å². The minimum absolute atomic E-state index is 0.0537. The Hall–Kier alpha value is -3.92. The third-order valence-electron chi connectivity index (χ3n) is 11.4. The maximum absolute atomic E-state index is 9.88. The smallest absolute Gasteiger partial charge is 0.192 e. The van der Waals surface area contributed by atoms with Crippen molar-refractivity contribution in [3.8, 4) is 18.2 Å². The Balaban J connectivity index is 1.82. The van der Waals surface area contributed by atoms with Crippen LogP contribution in [0.5, 0.6) is 0 Å². The molecule has 2 aliphatic rings. The molecule has 0 saturated heterocycles. The summed E-state index contributed by atoms with van der Waals surface area (Å²) in [6.45, 7) is 34.2. The van der Waals surface area contributed by atoms with E-state index in [2.05, 4.69) is 141 Å². The van der Waals surface area contributed by atoms with Gasteiger partial charge in [0, 0.05) is 24.4 Å². The van der Waals surface area contributed by atoms with E-state index in [4.69, 9.17) is 13.6 Å². The van der Waals surface area contributed by atoms with E-state index in [9.17, 15) is 15.8 Å². The van der Waals surface area contributed by atoms with E-state index in [-0.39, 0.29) is 32.4 Å². The van der Waals surface area contributed by atoms with Crippen molar-refractivity contribution in [3.05, 3.63) is 93.8 Å². The molecule has 0 unspecified atom stereocenters. The van der Waals surface area contributed by atoms with E-state index < -0.39 is 22.2 Å². The van der Waals surface area contributed by atoms with E-state index in [0.717, 1.165) is 31.5 Å². The maximum Gasteiger partial charge on any atom is 0.192 e. The highest BCUT2D eigenvalue weighted by Crippen LogP contribution is 2.42. The molecule has 0 bridgehead atoms. The van der Waals surface area contributed by atoms with Crippen molar-refractivity contribution < 1.29 is 13.6 Å². The molecular formula is C45H64N4O3Si2. The van der Waals surface area contributed by atoms with Crippen LogP contribution in [0.2, 0.25) is 36.3 Å². The third kappa shape index (κ3) is 11.5. The maximum atomic E-state index is 9.88. The quantitative estimate of drug-likeness (QED) is 0.145. The second-order valence-corrected chi connectivity index (χ2v) is 28.5. The molecule has 0 radical (unpaired) electrons. The summed E-state index contributed by atoms with van der Waals surface area (Å²) in [6.07, 6.45) is 14.4. The Morgan fingerprint density at radius 1 is 0.815 bits per heavy atom. The molecule has 1 aliphatic heterocycles. The Bertz CT molecular complexity index is 1790. The summed E-state index contributed by atoms with van der Waals surface area (Å²) >= 11 is 0. The fourth-order valence-electron chi connectivity index (χ4n) is 6.10. The fraction of sp³-hybridized carbons (Fsp3) is 0.533. The molecule has 290 valence electrons. The molecule has 1 aliphatic carbocycles. The average molecular weight is 765 g/mol. The van der Waals surface area contributed by atoms with Crippen LogP contribution in [0.15, 0.2) is 88.3 Å². The summed E-state index contributed by atoms with van der Waals surface area (Å²) in [5.74, 6) is 0.0537. The molecule has 1 heterocycles. The van der Waals surface area contributed by atoms with Gasteiger partial charge in [-0.2, -0.15) is 15.8 Å². The van der Waals surface area contributed by atoms with Gasteiger partial charge in [0.15, 0.2) is 28.0 Å². The number of hydrogen-bond donors (Lipinski definition) is 0. The van der Waals surface area contributed by atoms with Crippen LogP contribution in [0.1, 0.15) is 87.6 Å². The Morgan fingerprint density at radius 2 is 1.35 bits per heavy atom. The molecular weight excluding hydrogens is 701 g/mol. The predicted octanol–water partition coefficient (Wildman–Crippen LogP) is 11.7. The topological polar surface area (TPSA) is 102 Å². The number of ether oxygens (including phenoxy) is 1. The number of anilines is 1. The molecule has 0 amide bonds. The van der Waals surface area contributed by atoms with Gasteiger partial charge in [-0.15, -0.1) is 0 Å². The zero-order valence-corrected chi connectivity index (χ0v) is 37.5. The monoisotopic (exact) mass is 764 g/mol. The summed E-state index contributed by atoms with van der Waals surface area (Å²) in [7, 11) is -3.71. The lowest BCUT2D eigenvalue weighted by Gasteiger charge is -2.38. The van der Waals surface area contributed by atoms with Crippen LogP contribution in [-0.2, 0) is 13.6 Å². The van der Waals surface area contributed by atoms with E-state index in [1.165, 1.54) is 16.8 Å². The summed E-state index contributed by atoms with van der Waals surface area (Å²) in [4.78, 5) is 2.40. The van der Waals surface area contributed by atoms with Crippen molar-refractivity contribution in [2.75, 3.05) is 31.2 Å². The molecule has 1 aromatic carbocycles. The molecule has 0 fully saturated rings. The first kappa shape index (κ1) is 44.5. The first-order chi connectivity index (χ1) is 24.9. The highest BCUT2D eigenvalue weighted by molar-refractivity contribution is 6.74. The van der Waals surface area contributed by atoms with Crippen molar-refractivity contribution in [3.63, 3.8) is 0 Å². The number of nitrogens with zero attached hydrogens (tertiary/aromatic N) is 4. The zero-order chi connectivity index (χ0) is 40.8. The van der Waals surface area contributed by atoms with Gasteiger partial charge in [0.25, 0.3) is 0 Å². The van der Waals surface area contributed by atoms with Crippen molar-refractivity contribution >= 4 is 28.4 Å². The molecule has 0 spiro atoms. The summed E-state index contributed by atoms with van der Waals surface area (Å²) < 4.78 is 19.1. The first-order valence-corrected chi connectivity index (χ1v) is 25.0. The number of hydrogen-bond acceptors (Lipinski definition) is 7. The summed E-state index contributed by atoms with van der Waals surface area (Å²) in [5, 5.41) is 29.0. The third-order valence-corrected chi connectivity index (χ3v) is 20.5. The van der Waals surface area contributed by atoms with Gasteiger partial charge in [-0.3, -0.25) is 0 Å². The second-order valence-electron chi connectivity index (χ2n) is 18.9. The highest BCUT2D eigenvalue weighted by Gasteiger charge is 2.40. The van der Waals surface area contributed by atoms with Crippen LogP contribution in [0.4, 0.5) is 5.69 Å². The number of benzene rings is 1. The van der Waals surface area contributed by atoms with E-state index in [1.54, 1.807) is 0 Å². The molecule has 54 heavy (non-hydrogen) atoms. The largest absolute Gasteiger partial charge is 0.480 e. The van der Waals surface area contributed by atoms with Gasteiger partial charge in [0.05, 0.1) is 13.2 Å². The highest BCUT2D eigenvalue weighted by atomic mass is 28.4. The standard InChI is InChI=1S/C45H64N4O3Si2/c1-42(2,3)53(11,12)50-26-24-49(25-27-51-54(13,14)43(4,5)6)38-22-20-34(21-23-38)18-19-36-28-35(29-44(7,8)30-36)16-15-17-40-39(33-48)41(37(31-46)32-47)52-45(40,9)10/h15-23,28H,24-27,29-30H2,1-14H3. The van der Waals surface area contributed by atoms with Gasteiger partial charge >= 0.3 is 0 Å². The van der Waals surface area contributed by atoms with E-state index in [0.29, 0.717) is 18.8 Å². The van der Waals surface area contributed by atoms with Gasteiger partial charge in [-0.1, -0.05) is 104 Å². The normalized spacial score (nSPS) is 18.4. The van der Waals surface area contributed by atoms with Crippen molar-refractivity contribution in [1.29, 1.82) is 15.8 Å². The molecule has 7 nitrogen and oxygen atoms in total. The minimum Gasteiger partial charge on any atom is -0.480 e. The summed E-state index contributed by atoms with van der Waals surface area (Å²) in [5.41, 5.74) is 4.67. The van der Waals surface area contributed by atoms with Crippen LogP contribution < -0.4 is 4.90 Å². The lowest BCUT2D eigenvalue weighted by molar-refractivity contribution is 0.0954. The molecule has 0 N–H and O–H groups in total. The van der Waals surface area contributed by atoms with Crippen LogP contribution in [0.3, 0.4) is 0 Å². The Labute approximate surface area is 329 Å². The number of allylic oxidation sites excluding steroid dienone is 8. The average Bonchev–Trinajstić information content (AvgIpc) is 3.30.